The van der Waals surface area contributed by atoms with Crippen molar-refractivity contribution in [2.75, 3.05) is 11.9 Å². The number of halogens is 1. The Balaban J connectivity index is 2.06. The van der Waals surface area contributed by atoms with E-state index < -0.39 is 0 Å². The molecule has 0 aliphatic carbocycles. The first-order valence-electron chi connectivity index (χ1n) is 5.87. The Morgan fingerprint density at radius 3 is 2.39 bits per heavy atom. The molecule has 0 fully saturated rings. The van der Waals surface area contributed by atoms with Crippen LogP contribution in [0.25, 0.3) is 0 Å². The first-order valence-corrected chi connectivity index (χ1v) is 7.06. The lowest BCUT2D eigenvalue weighted by Crippen LogP contribution is -2.15. The molecule has 2 aromatic rings. The van der Waals surface area contributed by atoms with Crippen molar-refractivity contribution < 1.29 is 0 Å². The van der Waals surface area contributed by atoms with Gasteiger partial charge in [0.25, 0.3) is 0 Å². The number of nitrogens with two attached hydrogens (primary N) is 1. The van der Waals surface area contributed by atoms with Gasteiger partial charge >= 0.3 is 0 Å². The predicted octanol–water partition coefficient (Wildman–Crippen LogP) is 4.06. The molecule has 0 aliphatic heterocycles. The van der Waals surface area contributed by atoms with Crippen LogP contribution in [0.3, 0.4) is 0 Å². The lowest BCUT2D eigenvalue weighted by Gasteiger charge is -2.19. The Kier molecular flexibility index (Phi) is 4.27. The molecule has 96 valence electrons. The molecule has 0 spiro atoms. The molecule has 1 aromatic heterocycles. The smallest absolute Gasteiger partial charge is 0.0931 e. The average Bonchev–Trinajstić information content (AvgIpc) is 2.75. The van der Waals surface area contributed by atoms with E-state index in [1.54, 1.807) is 11.3 Å². The topological polar surface area (TPSA) is 29.3 Å². The molecule has 0 bridgehead atoms. The molecule has 2 nitrogen and oxygen atoms in total. The highest BCUT2D eigenvalue weighted by atomic mass is 35.5. The molecular formula is C14H17ClN2S. The zero-order valence-electron chi connectivity index (χ0n) is 10.6. The number of thiophene rings is 1. The van der Waals surface area contributed by atoms with Crippen molar-refractivity contribution in [3.8, 4) is 0 Å². The molecule has 0 radical (unpaired) electrons. The minimum atomic E-state index is 0.0838. The highest BCUT2D eigenvalue weighted by Crippen LogP contribution is 2.25. The van der Waals surface area contributed by atoms with Gasteiger partial charge in [0.1, 0.15) is 0 Å². The second-order valence-corrected chi connectivity index (χ2v) is 6.24. The lowest BCUT2D eigenvalue weighted by atomic mass is 10.1. The van der Waals surface area contributed by atoms with E-state index in [9.17, 15) is 0 Å². The minimum Gasteiger partial charge on any atom is -0.369 e. The van der Waals surface area contributed by atoms with E-state index in [1.165, 1.54) is 10.6 Å². The van der Waals surface area contributed by atoms with Gasteiger partial charge in [-0.1, -0.05) is 23.7 Å². The summed E-state index contributed by atoms with van der Waals surface area (Å²) in [4.78, 5) is 3.46. The van der Waals surface area contributed by atoms with Gasteiger partial charge in [-0.05, 0) is 36.8 Å². The van der Waals surface area contributed by atoms with E-state index in [0.29, 0.717) is 0 Å². The van der Waals surface area contributed by atoms with Gasteiger partial charge in [0.15, 0.2) is 0 Å². The number of benzene rings is 1. The van der Waals surface area contributed by atoms with E-state index >= 15 is 0 Å². The van der Waals surface area contributed by atoms with Crippen molar-refractivity contribution in [2.24, 2.45) is 5.73 Å². The van der Waals surface area contributed by atoms with E-state index in [2.05, 4.69) is 42.3 Å². The monoisotopic (exact) mass is 280 g/mol. The van der Waals surface area contributed by atoms with Gasteiger partial charge in [0, 0.05) is 23.7 Å². The maximum atomic E-state index is 5.93. The van der Waals surface area contributed by atoms with Gasteiger partial charge in [-0.2, -0.15) is 0 Å². The van der Waals surface area contributed by atoms with Crippen LogP contribution in [0.5, 0.6) is 0 Å². The van der Waals surface area contributed by atoms with Gasteiger partial charge in [-0.3, -0.25) is 0 Å². The quantitative estimate of drug-likeness (QED) is 0.915. The molecule has 1 unspecified atom stereocenters. The van der Waals surface area contributed by atoms with Crippen molar-refractivity contribution in [3.05, 3.63) is 51.2 Å². The van der Waals surface area contributed by atoms with Crippen LogP contribution in [0.2, 0.25) is 4.34 Å². The highest BCUT2D eigenvalue weighted by Gasteiger charge is 2.05. The van der Waals surface area contributed by atoms with Crippen molar-refractivity contribution >= 4 is 28.6 Å². The van der Waals surface area contributed by atoms with Crippen molar-refractivity contribution in [3.63, 3.8) is 0 Å². The highest BCUT2D eigenvalue weighted by molar-refractivity contribution is 7.16. The van der Waals surface area contributed by atoms with E-state index in [4.69, 9.17) is 17.3 Å². The standard InChI is InChI=1S/C14H17ClN2S/c1-10(16)11-3-5-12(6-4-11)17(2)9-13-7-8-14(15)18-13/h3-8,10H,9,16H2,1-2H3. The molecule has 0 aliphatic rings. The molecule has 18 heavy (non-hydrogen) atoms. The third kappa shape index (κ3) is 3.25. The maximum Gasteiger partial charge on any atom is 0.0931 e. The fourth-order valence-electron chi connectivity index (χ4n) is 1.79. The molecule has 4 heteroatoms. The van der Waals surface area contributed by atoms with Gasteiger partial charge < -0.3 is 10.6 Å². The summed E-state index contributed by atoms with van der Waals surface area (Å²) in [5, 5.41) is 0. The van der Waals surface area contributed by atoms with Crippen LogP contribution in [-0.2, 0) is 6.54 Å². The fourth-order valence-corrected chi connectivity index (χ4v) is 2.94. The lowest BCUT2D eigenvalue weighted by molar-refractivity contribution is 0.817. The molecule has 2 rings (SSSR count). The molecular weight excluding hydrogens is 264 g/mol. The third-order valence-corrected chi connectivity index (χ3v) is 4.10. The first-order chi connectivity index (χ1) is 8.56. The summed E-state index contributed by atoms with van der Waals surface area (Å²) in [5.41, 5.74) is 8.18. The van der Waals surface area contributed by atoms with Crippen LogP contribution in [0.4, 0.5) is 5.69 Å². The SMILES string of the molecule is CC(N)c1ccc(N(C)Cc2ccc(Cl)s2)cc1. The Morgan fingerprint density at radius 1 is 1.22 bits per heavy atom. The zero-order chi connectivity index (χ0) is 13.1. The maximum absolute atomic E-state index is 5.93. The van der Waals surface area contributed by atoms with E-state index in [1.807, 2.05) is 13.0 Å². The summed E-state index contributed by atoms with van der Waals surface area (Å²) < 4.78 is 0.839. The Bertz CT molecular complexity index is 505. The third-order valence-electron chi connectivity index (χ3n) is 2.88. The normalized spacial score (nSPS) is 12.4. The number of rotatable bonds is 4. The Hall–Kier alpha value is -1.03. The summed E-state index contributed by atoms with van der Waals surface area (Å²) in [6.07, 6.45) is 0. The molecule has 0 saturated heterocycles. The Morgan fingerprint density at radius 2 is 1.89 bits per heavy atom. The van der Waals surface area contributed by atoms with E-state index in [-0.39, 0.29) is 6.04 Å². The average molecular weight is 281 g/mol. The summed E-state index contributed by atoms with van der Waals surface area (Å²) in [6.45, 7) is 2.86. The number of hydrogen-bond donors (Lipinski definition) is 1. The predicted molar refractivity (Wildman–Crippen MR) is 80.5 cm³/mol. The minimum absolute atomic E-state index is 0.0838. The zero-order valence-corrected chi connectivity index (χ0v) is 12.1. The molecule has 0 amide bonds. The fraction of sp³-hybridized carbons (Fsp3) is 0.286. The largest absolute Gasteiger partial charge is 0.369 e. The summed E-state index contributed by atoms with van der Waals surface area (Å²) in [6, 6.07) is 12.5. The van der Waals surface area contributed by atoms with Gasteiger partial charge in [0.2, 0.25) is 0 Å². The van der Waals surface area contributed by atoms with Crippen LogP contribution < -0.4 is 10.6 Å². The molecule has 1 atom stereocenters. The van der Waals surface area contributed by atoms with Gasteiger partial charge in [-0.15, -0.1) is 11.3 Å². The van der Waals surface area contributed by atoms with Crippen LogP contribution >= 0.6 is 22.9 Å². The van der Waals surface area contributed by atoms with Crippen molar-refractivity contribution in [1.82, 2.24) is 0 Å². The van der Waals surface area contributed by atoms with E-state index in [0.717, 1.165) is 16.4 Å². The summed E-state index contributed by atoms with van der Waals surface area (Å²) in [5.74, 6) is 0. The van der Waals surface area contributed by atoms with Gasteiger partial charge in [-0.25, -0.2) is 0 Å². The second kappa shape index (κ2) is 5.74. The van der Waals surface area contributed by atoms with Crippen LogP contribution in [-0.4, -0.2) is 7.05 Å². The summed E-state index contributed by atoms with van der Waals surface area (Å²) >= 11 is 7.55. The number of anilines is 1. The van der Waals surface area contributed by atoms with Crippen molar-refractivity contribution in [1.29, 1.82) is 0 Å². The number of nitrogens with zero attached hydrogens (tertiary/aromatic N) is 1. The number of hydrogen-bond acceptors (Lipinski definition) is 3. The van der Waals surface area contributed by atoms with Crippen LogP contribution in [0, 0.1) is 0 Å². The first kappa shape index (κ1) is 13.4. The summed E-state index contributed by atoms with van der Waals surface area (Å²) in [7, 11) is 2.08. The molecule has 0 saturated carbocycles. The Labute approximate surface area is 117 Å². The second-order valence-electron chi connectivity index (χ2n) is 4.44. The van der Waals surface area contributed by atoms with Crippen molar-refractivity contribution in [2.45, 2.75) is 19.5 Å². The molecule has 1 heterocycles. The van der Waals surface area contributed by atoms with Crippen LogP contribution in [0.15, 0.2) is 36.4 Å². The van der Waals surface area contributed by atoms with Crippen LogP contribution in [0.1, 0.15) is 23.4 Å². The van der Waals surface area contributed by atoms with Gasteiger partial charge in [0.05, 0.1) is 10.9 Å². The molecule has 2 N–H and O–H groups in total. The molecule has 1 aromatic carbocycles.